The van der Waals surface area contributed by atoms with E-state index < -0.39 is 5.97 Å². The lowest BCUT2D eigenvalue weighted by molar-refractivity contribution is -0.136. The number of ether oxygens (including phenoxy) is 2. The summed E-state index contributed by atoms with van der Waals surface area (Å²) in [5.41, 5.74) is 3.30. The molecule has 2 aromatic carbocycles. The minimum absolute atomic E-state index is 0.00560. The average Bonchev–Trinajstić information content (AvgIpc) is 2.57. The largest absolute Gasteiger partial charge is 0.490 e. The van der Waals surface area contributed by atoms with Crippen molar-refractivity contribution >= 4 is 5.97 Å². The van der Waals surface area contributed by atoms with Gasteiger partial charge >= 0.3 is 5.97 Å². The van der Waals surface area contributed by atoms with Crippen LogP contribution >= 0.6 is 0 Å². The Kier molecular flexibility index (Phi) is 6.67. The molecular formula is C22H28O4. The van der Waals surface area contributed by atoms with Gasteiger partial charge in [-0.2, -0.15) is 0 Å². The molecule has 0 aliphatic carbocycles. The molecule has 2 aromatic rings. The second kappa shape index (κ2) is 8.75. The van der Waals surface area contributed by atoms with Gasteiger partial charge in [0.2, 0.25) is 0 Å². The summed E-state index contributed by atoms with van der Waals surface area (Å²) in [5, 5.41) is 8.86. The highest BCUT2D eigenvalue weighted by Gasteiger charge is 2.19. The third-order valence-corrected chi connectivity index (χ3v) is 4.12. The number of para-hydroxylation sites is 1. The minimum Gasteiger partial charge on any atom is -0.490 e. The summed E-state index contributed by atoms with van der Waals surface area (Å²) in [4.78, 5) is 10.8. The van der Waals surface area contributed by atoms with E-state index in [1.54, 1.807) is 0 Å². The average molecular weight is 356 g/mol. The van der Waals surface area contributed by atoms with Crippen molar-refractivity contribution in [1.82, 2.24) is 0 Å². The third-order valence-electron chi connectivity index (χ3n) is 4.12. The van der Waals surface area contributed by atoms with Gasteiger partial charge in [-0.15, -0.1) is 0 Å². The van der Waals surface area contributed by atoms with Crippen LogP contribution in [0.2, 0.25) is 0 Å². The molecule has 0 amide bonds. The van der Waals surface area contributed by atoms with Gasteiger partial charge in [-0.25, -0.2) is 0 Å². The van der Waals surface area contributed by atoms with E-state index in [1.807, 2.05) is 36.4 Å². The topological polar surface area (TPSA) is 55.8 Å². The molecule has 2 rings (SSSR count). The summed E-state index contributed by atoms with van der Waals surface area (Å²) in [6, 6.07) is 13.8. The molecule has 0 unspecified atom stereocenters. The van der Waals surface area contributed by atoms with E-state index in [2.05, 4.69) is 33.8 Å². The number of carboxylic acid groups (broad SMARTS) is 1. The summed E-state index contributed by atoms with van der Waals surface area (Å²) in [7, 11) is 0. The molecule has 0 bridgehead atoms. The fourth-order valence-corrected chi connectivity index (χ4v) is 2.75. The first-order valence-electron chi connectivity index (χ1n) is 8.94. The summed E-state index contributed by atoms with van der Waals surface area (Å²) < 4.78 is 11.8. The van der Waals surface area contributed by atoms with E-state index >= 15 is 0 Å². The highest BCUT2D eigenvalue weighted by molar-refractivity contribution is 5.67. The Hall–Kier alpha value is -2.49. The van der Waals surface area contributed by atoms with Crippen LogP contribution in [-0.4, -0.2) is 24.3 Å². The second-order valence-electron chi connectivity index (χ2n) is 7.45. The Morgan fingerprint density at radius 1 is 1.00 bits per heavy atom. The molecule has 0 aliphatic rings. The molecule has 0 saturated carbocycles. The van der Waals surface area contributed by atoms with Crippen LogP contribution in [0.15, 0.2) is 42.5 Å². The van der Waals surface area contributed by atoms with Crippen LogP contribution in [0, 0.1) is 6.92 Å². The monoisotopic (exact) mass is 356 g/mol. The molecule has 26 heavy (non-hydrogen) atoms. The standard InChI is InChI=1S/C22H28O4/c1-16-9-11-20(18(15-16)22(2,3)4)26-14-13-25-19-8-6-5-7-17(19)10-12-21(23)24/h5-9,11,15H,10,12-14H2,1-4H3,(H,23,24). The number of benzene rings is 2. The lowest BCUT2D eigenvalue weighted by atomic mass is 9.85. The van der Waals surface area contributed by atoms with Gasteiger partial charge in [0, 0.05) is 6.42 Å². The maximum atomic E-state index is 10.8. The van der Waals surface area contributed by atoms with E-state index in [-0.39, 0.29) is 11.8 Å². The molecule has 0 spiro atoms. The molecule has 0 fully saturated rings. The molecule has 0 aliphatic heterocycles. The fraction of sp³-hybridized carbons (Fsp3) is 0.409. The number of aryl methyl sites for hydroxylation is 2. The highest BCUT2D eigenvalue weighted by Crippen LogP contribution is 2.32. The fourth-order valence-electron chi connectivity index (χ4n) is 2.75. The maximum Gasteiger partial charge on any atom is 0.303 e. The molecule has 4 nitrogen and oxygen atoms in total. The van der Waals surface area contributed by atoms with Crippen LogP contribution in [0.3, 0.4) is 0 Å². The van der Waals surface area contributed by atoms with Crippen molar-refractivity contribution in [1.29, 1.82) is 0 Å². The first-order chi connectivity index (χ1) is 12.3. The van der Waals surface area contributed by atoms with Crippen molar-refractivity contribution < 1.29 is 19.4 Å². The summed E-state index contributed by atoms with van der Waals surface area (Å²) in [6.07, 6.45) is 0.549. The molecule has 0 radical (unpaired) electrons. The number of carbonyl (C=O) groups is 1. The minimum atomic E-state index is -0.808. The molecule has 0 aromatic heterocycles. The lowest BCUT2D eigenvalue weighted by Crippen LogP contribution is -2.16. The van der Waals surface area contributed by atoms with Crippen molar-refractivity contribution in [2.24, 2.45) is 0 Å². The van der Waals surface area contributed by atoms with Gasteiger partial charge in [0.25, 0.3) is 0 Å². The van der Waals surface area contributed by atoms with Gasteiger partial charge < -0.3 is 14.6 Å². The van der Waals surface area contributed by atoms with Crippen molar-refractivity contribution in [3.63, 3.8) is 0 Å². The van der Waals surface area contributed by atoms with E-state index in [0.29, 0.717) is 19.6 Å². The summed E-state index contributed by atoms with van der Waals surface area (Å²) in [5.74, 6) is 0.792. The van der Waals surface area contributed by atoms with E-state index in [9.17, 15) is 4.79 Å². The van der Waals surface area contributed by atoms with Gasteiger partial charge in [-0.05, 0) is 42.0 Å². The molecule has 4 heteroatoms. The molecular weight excluding hydrogens is 328 g/mol. The quantitative estimate of drug-likeness (QED) is 0.692. The number of hydrogen-bond donors (Lipinski definition) is 1. The molecule has 0 heterocycles. The first kappa shape index (κ1) is 19.8. The number of aliphatic carboxylic acids is 1. The normalized spacial score (nSPS) is 11.2. The van der Waals surface area contributed by atoms with Gasteiger partial charge in [0.05, 0.1) is 0 Å². The summed E-state index contributed by atoms with van der Waals surface area (Å²) in [6.45, 7) is 9.43. The van der Waals surface area contributed by atoms with Crippen molar-refractivity contribution in [3.05, 3.63) is 59.2 Å². The Labute approximate surface area is 155 Å². The number of carboxylic acids is 1. The van der Waals surface area contributed by atoms with Crippen LogP contribution in [0.25, 0.3) is 0 Å². The van der Waals surface area contributed by atoms with Crippen molar-refractivity contribution in [2.75, 3.05) is 13.2 Å². The Morgan fingerprint density at radius 3 is 2.31 bits per heavy atom. The Balaban J connectivity index is 1.95. The van der Waals surface area contributed by atoms with Crippen LogP contribution in [-0.2, 0) is 16.6 Å². The van der Waals surface area contributed by atoms with E-state index in [0.717, 1.165) is 17.1 Å². The van der Waals surface area contributed by atoms with E-state index in [1.165, 1.54) is 11.1 Å². The molecule has 0 atom stereocenters. The predicted molar refractivity (Wildman–Crippen MR) is 103 cm³/mol. The van der Waals surface area contributed by atoms with Gasteiger partial charge in [-0.3, -0.25) is 4.79 Å². The zero-order valence-electron chi connectivity index (χ0n) is 16.0. The summed E-state index contributed by atoms with van der Waals surface area (Å²) >= 11 is 0. The van der Waals surface area contributed by atoms with Crippen molar-refractivity contribution in [2.45, 2.75) is 46.0 Å². The number of rotatable bonds is 8. The maximum absolute atomic E-state index is 10.8. The van der Waals surface area contributed by atoms with E-state index in [4.69, 9.17) is 14.6 Å². The zero-order valence-corrected chi connectivity index (χ0v) is 16.0. The van der Waals surface area contributed by atoms with Gasteiger partial charge in [0.15, 0.2) is 0 Å². The SMILES string of the molecule is Cc1ccc(OCCOc2ccccc2CCC(=O)O)c(C(C)(C)C)c1. The third kappa shape index (κ3) is 5.80. The Morgan fingerprint density at radius 2 is 1.65 bits per heavy atom. The van der Waals surface area contributed by atoms with Crippen molar-refractivity contribution in [3.8, 4) is 11.5 Å². The first-order valence-corrected chi connectivity index (χ1v) is 8.94. The van der Waals surface area contributed by atoms with Crippen LogP contribution in [0.1, 0.15) is 43.9 Å². The lowest BCUT2D eigenvalue weighted by Gasteiger charge is -2.23. The Bertz CT molecular complexity index is 744. The van der Waals surface area contributed by atoms with Crippen LogP contribution < -0.4 is 9.47 Å². The molecule has 0 saturated heterocycles. The van der Waals surface area contributed by atoms with Crippen LogP contribution in [0.4, 0.5) is 0 Å². The highest BCUT2D eigenvalue weighted by atomic mass is 16.5. The number of hydrogen-bond acceptors (Lipinski definition) is 3. The van der Waals surface area contributed by atoms with Gasteiger partial charge in [-0.1, -0.05) is 56.7 Å². The predicted octanol–water partition coefficient (Wildman–Crippen LogP) is 4.77. The zero-order chi connectivity index (χ0) is 19.2. The van der Waals surface area contributed by atoms with Gasteiger partial charge in [0.1, 0.15) is 24.7 Å². The second-order valence-corrected chi connectivity index (χ2v) is 7.45. The van der Waals surface area contributed by atoms with Crippen LogP contribution in [0.5, 0.6) is 11.5 Å². The smallest absolute Gasteiger partial charge is 0.303 e. The molecule has 140 valence electrons. The molecule has 1 N–H and O–H groups in total.